The number of aryl methyl sites for hydroxylation is 1. The zero-order valence-corrected chi connectivity index (χ0v) is 15.6. The molecule has 2 heterocycles. The molecule has 7 heteroatoms. The average molecular weight is 399 g/mol. The molecule has 29 heavy (non-hydrogen) atoms. The van der Waals surface area contributed by atoms with Crippen LogP contribution >= 0.6 is 0 Å². The summed E-state index contributed by atoms with van der Waals surface area (Å²) in [7, 11) is 0. The van der Waals surface area contributed by atoms with Crippen molar-refractivity contribution >= 4 is 5.91 Å². The van der Waals surface area contributed by atoms with Gasteiger partial charge in [0, 0.05) is 31.6 Å². The number of alkyl halides is 3. The molecular formula is C22H20F3N3O. The van der Waals surface area contributed by atoms with Gasteiger partial charge >= 0.3 is 6.18 Å². The maximum Gasteiger partial charge on any atom is 0.416 e. The fourth-order valence-corrected chi connectivity index (χ4v) is 3.66. The Hall–Kier alpha value is -3.09. The molecule has 0 saturated carbocycles. The van der Waals surface area contributed by atoms with Crippen LogP contribution in [-0.4, -0.2) is 15.5 Å². The molecule has 3 aromatic rings. The van der Waals surface area contributed by atoms with Gasteiger partial charge in [0.25, 0.3) is 5.91 Å². The van der Waals surface area contributed by atoms with E-state index in [1.807, 2.05) is 34.9 Å². The summed E-state index contributed by atoms with van der Waals surface area (Å²) in [6.45, 7) is 0.921. The molecule has 1 aliphatic heterocycles. The Morgan fingerprint density at radius 2 is 1.93 bits per heavy atom. The quantitative estimate of drug-likeness (QED) is 0.699. The van der Waals surface area contributed by atoms with Crippen molar-refractivity contribution in [2.24, 2.45) is 0 Å². The highest BCUT2D eigenvalue weighted by Gasteiger charge is 2.31. The lowest BCUT2D eigenvalue weighted by Crippen LogP contribution is -2.23. The van der Waals surface area contributed by atoms with Crippen molar-refractivity contribution in [3.63, 3.8) is 0 Å². The van der Waals surface area contributed by atoms with E-state index >= 15 is 0 Å². The van der Waals surface area contributed by atoms with Crippen molar-refractivity contribution in [2.75, 3.05) is 0 Å². The fourth-order valence-electron chi connectivity index (χ4n) is 3.66. The Morgan fingerprint density at radius 3 is 2.69 bits per heavy atom. The van der Waals surface area contributed by atoms with E-state index in [9.17, 15) is 18.0 Å². The first-order chi connectivity index (χ1) is 13.9. The molecule has 0 bridgehead atoms. The highest BCUT2D eigenvalue weighted by Crippen LogP contribution is 2.34. The highest BCUT2D eigenvalue weighted by atomic mass is 19.4. The van der Waals surface area contributed by atoms with E-state index in [1.54, 1.807) is 12.3 Å². The summed E-state index contributed by atoms with van der Waals surface area (Å²) in [6, 6.07) is 15.1. The number of fused-ring (bicyclic) bond motifs is 1. The van der Waals surface area contributed by atoms with E-state index in [4.69, 9.17) is 0 Å². The van der Waals surface area contributed by atoms with Gasteiger partial charge in [0.2, 0.25) is 0 Å². The molecule has 0 fully saturated rings. The Kier molecular flexibility index (Phi) is 5.13. The van der Waals surface area contributed by atoms with Gasteiger partial charge in [-0.2, -0.15) is 13.2 Å². The number of aromatic nitrogens is 2. The van der Waals surface area contributed by atoms with Crippen LogP contribution in [-0.2, 0) is 25.7 Å². The fraction of sp³-hybridized carbons (Fsp3) is 0.273. The zero-order chi connectivity index (χ0) is 20.4. The minimum atomic E-state index is -4.35. The molecule has 1 N–H and O–H groups in total. The molecule has 1 unspecified atom stereocenters. The Labute approximate surface area is 166 Å². The van der Waals surface area contributed by atoms with E-state index in [0.717, 1.165) is 17.5 Å². The number of benzene rings is 2. The average Bonchev–Trinajstić information content (AvgIpc) is 3.16. The van der Waals surface area contributed by atoms with E-state index in [1.165, 1.54) is 12.1 Å². The van der Waals surface area contributed by atoms with Crippen molar-refractivity contribution < 1.29 is 18.0 Å². The maximum absolute atomic E-state index is 13.0. The lowest BCUT2D eigenvalue weighted by Gasteiger charge is -2.24. The molecule has 1 amide bonds. The van der Waals surface area contributed by atoms with Crippen LogP contribution in [0.2, 0.25) is 0 Å². The standard InChI is InChI=1S/C22H20F3N3O/c23-22(24,25)18-8-4-7-16(11-18)17-9-10-20-27-19(14-28(20)13-17)21(29)26-12-15-5-2-1-3-6-15/h1-8,11,14,17H,9-10,12-13H2,(H,26,29). The van der Waals surface area contributed by atoms with Gasteiger partial charge in [-0.3, -0.25) is 4.79 Å². The molecule has 150 valence electrons. The van der Waals surface area contributed by atoms with E-state index < -0.39 is 11.7 Å². The first kappa shape index (κ1) is 19.2. The number of carbonyl (C=O) groups excluding carboxylic acids is 1. The second kappa shape index (κ2) is 7.73. The third-order valence-electron chi connectivity index (χ3n) is 5.21. The number of rotatable bonds is 4. The third kappa shape index (κ3) is 4.34. The molecule has 4 nitrogen and oxygen atoms in total. The number of hydrogen-bond donors (Lipinski definition) is 1. The van der Waals surface area contributed by atoms with Crippen LogP contribution in [0.25, 0.3) is 0 Å². The topological polar surface area (TPSA) is 46.9 Å². The van der Waals surface area contributed by atoms with Crippen molar-refractivity contribution in [3.8, 4) is 0 Å². The molecule has 1 aromatic heterocycles. The van der Waals surface area contributed by atoms with Crippen LogP contribution in [0.5, 0.6) is 0 Å². The van der Waals surface area contributed by atoms with E-state index in [-0.39, 0.29) is 11.8 Å². The van der Waals surface area contributed by atoms with E-state index in [0.29, 0.717) is 37.2 Å². The number of amides is 1. The van der Waals surface area contributed by atoms with Gasteiger partial charge in [-0.15, -0.1) is 0 Å². The largest absolute Gasteiger partial charge is 0.416 e. The lowest BCUT2D eigenvalue weighted by atomic mass is 9.90. The zero-order valence-electron chi connectivity index (χ0n) is 15.6. The van der Waals surface area contributed by atoms with Crippen molar-refractivity contribution in [1.29, 1.82) is 0 Å². The summed E-state index contributed by atoms with van der Waals surface area (Å²) in [5.74, 6) is 0.490. The number of halogens is 3. The molecule has 0 aliphatic carbocycles. The normalized spacial score (nSPS) is 16.3. The molecule has 0 radical (unpaired) electrons. The number of carbonyl (C=O) groups is 1. The van der Waals surface area contributed by atoms with Crippen LogP contribution in [0, 0.1) is 0 Å². The number of nitrogens with zero attached hydrogens (tertiary/aromatic N) is 2. The highest BCUT2D eigenvalue weighted by molar-refractivity contribution is 5.92. The SMILES string of the molecule is O=C(NCc1ccccc1)c1cn2c(n1)CCC(c1cccc(C(F)(F)F)c1)C2. The van der Waals surface area contributed by atoms with Gasteiger partial charge in [-0.1, -0.05) is 48.5 Å². The minimum Gasteiger partial charge on any atom is -0.347 e. The van der Waals surface area contributed by atoms with Crippen LogP contribution in [0.4, 0.5) is 13.2 Å². The molecular weight excluding hydrogens is 379 g/mol. The summed E-state index contributed by atoms with van der Waals surface area (Å²) in [5, 5.41) is 2.85. The van der Waals surface area contributed by atoms with Crippen LogP contribution < -0.4 is 5.32 Å². The molecule has 0 spiro atoms. The van der Waals surface area contributed by atoms with Crippen molar-refractivity contribution in [3.05, 3.63) is 89.0 Å². The van der Waals surface area contributed by atoms with Crippen LogP contribution in [0.15, 0.2) is 60.8 Å². The minimum absolute atomic E-state index is 0.0424. The van der Waals surface area contributed by atoms with E-state index in [2.05, 4.69) is 10.3 Å². The molecule has 1 aliphatic rings. The summed E-state index contributed by atoms with van der Waals surface area (Å²) in [6.07, 6.45) is -1.35. The van der Waals surface area contributed by atoms with Gasteiger partial charge in [-0.05, 0) is 23.6 Å². The number of imidazole rings is 1. The van der Waals surface area contributed by atoms with Crippen molar-refractivity contribution in [2.45, 2.75) is 38.0 Å². The summed E-state index contributed by atoms with van der Waals surface area (Å²) in [5.41, 5.74) is 1.36. The van der Waals surface area contributed by atoms with Crippen molar-refractivity contribution in [1.82, 2.24) is 14.9 Å². The van der Waals surface area contributed by atoms with Gasteiger partial charge in [0.15, 0.2) is 0 Å². The molecule has 1 atom stereocenters. The van der Waals surface area contributed by atoms with Gasteiger partial charge in [0.1, 0.15) is 11.5 Å². The second-order valence-electron chi connectivity index (χ2n) is 7.22. The Bertz CT molecular complexity index is 1010. The predicted molar refractivity (Wildman–Crippen MR) is 102 cm³/mol. The second-order valence-corrected chi connectivity index (χ2v) is 7.22. The molecule has 4 rings (SSSR count). The first-order valence-electron chi connectivity index (χ1n) is 9.45. The van der Waals surface area contributed by atoms with Crippen LogP contribution in [0.1, 0.15) is 45.3 Å². The third-order valence-corrected chi connectivity index (χ3v) is 5.21. The lowest BCUT2D eigenvalue weighted by molar-refractivity contribution is -0.137. The number of nitrogens with one attached hydrogen (secondary N) is 1. The van der Waals surface area contributed by atoms with Gasteiger partial charge in [-0.25, -0.2) is 4.98 Å². The van der Waals surface area contributed by atoms with Gasteiger partial charge < -0.3 is 9.88 Å². The summed E-state index contributed by atoms with van der Waals surface area (Å²) < 4.78 is 40.9. The van der Waals surface area contributed by atoms with Crippen LogP contribution in [0.3, 0.4) is 0 Å². The van der Waals surface area contributed by atoms with Gasteiger partial charge in [0.05, 0.1) is 5.56 Å². The predicted octanol–water partition coefficient (Wildman–Crippen LogP) is 4.56. The summed E-state index contributed by atoms with van der Waals surface area (Å²) >= 11 is 0. The molecule has 0 saturated heterocycles. The Morgan fingerprint density at radius 1 is 1.14 bits per heavy atom. The summed E-state index contributed by atoms with van der Waals surface area (Å²) in [4.78, 5) is 16.8. The smallest absolute Gasteiger partial charge is 0.347 e. The Balaban J connectivity index is 1.45. The first-order valence-corrected chi connectivity index (χ1v) is 9.45. The number of hydrogen-bond acceptors (Lipinski definition) is 2. The monoisotopic (exact) mass is 399 g/mol. The maximum atomic E-state index is 13.0. The molecule has 2 aromatic carbocycles.